The lowest BCUT2D eigenvalue weighted by molar-refractivity contribution is 0.493. The number of rotatable bonds is 3. The Morgan fingerprint density at radius 2 is 1.13 bits per heavy atom. The molecule has 1 aliphatic heterocycles. The highest BCUT2D eigenvalue weighted by molar-refractivity contribution is 6.98. The van der Waals surface area contributed by atoms with Crippen LogP contribution in [0.4, 0.5) is 0 Å². The summed E-state index contributed by atoms with van der Waals surface area (Å²) in [4.78, 5) is 0. The Labute approximate surface area is 264 Å². The van der Waals surface area contributed by atoms with Crippen LogP contribution in [0, 0.1) is 20.8 Å². The van der Waals surface area contributed by atoms with E-state index in [1.807, 2.05) is 0 Å². The molecule has 0 spiro atoms. The average Bonchev–Trinajstić information content (AvgIpc) is 3.07. The Kier molecular flexibility index (Phi) is 5.71. The molecule has 0 N–H and O–H groups in total. The van der Waals surface area contributed by atoms with Crippen molar-refractivity contribution in [2.75, 3.05) is 0 Å². The zero-order valence-corrected chi connectivity index (χ0v) is 25.7. The van der Waals surface area contributed by atoms with Crippen LogP contribution >= 0.6 is 0 Å². The first-order valence-electron chi connectivity index (χ1n) is 15.8. The van der Waals surface area contributed by atoms with Crippen LogP contribution in [0.25, 0.3) is 54.6 Å². The molecule has 1 heterocycles. The minimum atomic E-state index is 0.0301. The zero-order chi connectivity index (χ0) is 30.2. The molecule has 8 aromatic rings. The van der Waals surface area contributed by atoms with Gasteiger partial charge >= 0.3 is 0 Å². The van der Waals surface area contributed by atoms with Crippen LogP contribution in [-0.2, 0) is 0 Å². The monoisotopic (exact) mass is 574 g/mol. The van der Waals surface area contributed by atoms with E-state index in [0.717, 1.165) is 11.5 Å². The van der Waals surface area contributed by atoms with Gasteiger partial charge in [0.15, 0.2) is 0 Å². The number of aryl methyl sites for hydroxylation is 3. The van der Waals surface area contributed by atoms with Gasteiger partial charge in [-0.05, 0) is 87.6 Å². The summed E-state index contributed by atoms with van der Waals surface area (Å²) in [5, 5.41) is 7.54. The second kappa shape index (κ2) is 9.84. The highest BCUT2D eigenvalue weighted by atomic mass is 16.5. The van der Waals surface area contributed by atoms with E-state index >= 15 is 0 Å². The van der Waals surface area contributed by atoms with Crippen molar-refractivity contribution < 1.29 is 4.74 Å². The van der Waals surface area contributed by atoms with Crippen molar-refractivity contribution in [3.63, 3.8) is 0 Å². The molecule has 0 unspecified atom stereocenters. The van der Waals surface area contributed by atoms with Crippen molar-refractivity contribution in [3.05, 3.63) is 150 Å². The molecule has 0 fully saturated rings. The Bertz CT molecular complexity index is 2400. The third-order valence-corrected chi connectivity index (χ3v) is 9.85. The smallest absolute Gasteiger partial charge is 0.252 e. The summed E-state index contributed by atoms with van der Waals surface area (Å²) >= 11 is 0. The second-order valence-corrected chi connectivity index (χ2v) is 12.6. The molecule has 0 radical (unpaired) electrons. The molecule has 212 valence electrons. The fourth-order valence-electron chi connectivity index (χ4n) is 8.14. The molecule has 9 rings (SSSR count). The SMILES string of the molecule is Cc1cc(C)c(B2c3ccccc3Oc3c2c(-c2ccccc2)c2ccc4ccc(-c5ccccc5)c5ccc3c2c45)c(C)c1. The lowest BCUT2D eigenvalue weighted by atomic mass is 9.33. The Morgan fingerprint density at radius 1 is 0.511 bits per heavy atom. The summed E-state index contributed by atoms with van der Waals surface area (Å²) in [6.07, 6.45) is 0. The van der Waals surface area contributed by atoms with E-state index in [0.29, 0.717) is 0 Å². The predicted octanol–water partition coefficient (Wildman–Crippen LogP) is 9.47. The molecule has 0 amide bonds. The number of fused-ring (bicyclic) bond motifs is 3. The molecule has 0 atom stereocenters. The molecular weight excluding hydrogens is 543 g/mol. The third-order valence-electron chi connectivity index (χ3n) is 9.85. The van der Waals surface area contributed by atoms with Crippen molar-refractivity contribution in [2.24, 2.45) is 0 Å². The van der Waals surface area contributed by atoms with Crippen LogP contribution in [0.5, 0.6) is 11.5 Å². The maximum absolute atomic E-state index is 7.07. The van der Waals surface area contributed by atoms with Crippen molar-refractivity contribution >= 4 is 55.4 Å². The largest absolute Gasteiger partial charge is 0.458 e. The standard InChI is InChI=1S/C43H31BO/c1-26-24-27(2)41(28(3)25-26)44-36-16-10-11-17-37(36)45-43-35-23-22-33-32(29-12-6-4-7-13-29)20-18-31-19-21-34(40(35)38(31)33)39(42(43)44)30-14-8-5-9-15-30/h4-25H,1-3H3. The summed E-state index contributed by atoms with van der Waals surface area (Å²) in [5.41, 5.74) is 12.7. The molecule has 1 aliphatic rings. The number of hydrogen-bond acceptors (Lipinski definition) is 1. The molecule has 0 bridgehead atoms. The van der Waals surface area contributed by atoms with E-state index in [-0.39, 0.29) is 6.71 Å². The van der Waals surface area contributed by atoms with Gasteiger partial charge in [-0.2, -0.15) is 0 Å². The molecule has 8 aromatic carbocycles. The molecular formula is C43H31BO. The number of benzene rings is 8. The fourth-order valence-corrected chi connectivity index (χ4v) is 8.14. The Morgan fingerprint density at radius 3 is 1.89 bits per heavy atom. The minimum Gasteiger partial charge on any atom is -0.458 e. The highest BCUT2D eigenvalue weighted by Crippen LogP contribution is 2.46. The van der Waals surface area contributed by atoms with Crippen molar-refractivity contribution in [2.45, 2.75) is 20.8 Å². The number of ether oxygens (including phenoxy) is 1. The van der Waals surface area contributed by atoms with E-state index in [9.17, 15) is 0 Å². The van der Waals surface area contributed by atoms with Gasteiger partial charge in [-0.3, -0.25) is 0 Å². The normalized spacial score (nSPS) is 12.5. The maximum Gasteiger partial charge on any atom is 0.252 e. The van der Waals surface area contributed by atoms with Crippen LogP contribution in [-0.4, -0.2) is 6.71 Å². The molecule has 0 saturated carbocycles. The fraction of sp³-hybridized carbons (Fsp3) is 0.0698. The zero-order valence-electron chi connectivity index (χ0n) is 25.7. The van der Waals surface area contributed by atoms with Crippen molar-refractivity contribution in [3.8, 4) is 33.8 Å². The van der Waals surface area contributed by atoms with Gasteiger partial charge in [0, 0.05) is 10.8 Å². The first-order chi connectivity index (χ1) is 22.1. The van der Waals surface area contributed by atoms with Gasteiger partial charge in [-0.1, -0.05) is 143 Å². The highest BCUT2D eigenvalue weighted by Gasteiger charge is 2.38. The second-order valence-electron chi connectivity index (χ2n) is 12.6. The van der Waals surface area contributed by atoms with Crippen molar-refractivity contribution in [1.82, 2.24) is 0 Å². The molecule has 45 heavy (non-hydrogen) atoms. The summed E-state index contributed by atoms with van der Waals surface area (Å²) in [7, 11) is 0. The van der Waals surface area contributed by atoms with E-state index in [1.54, 1.807) is 0 Å². The van der Waals surface area contributed by atoms with Crippen LogP contribution in [0.3, 0.4) is 0 Å². The summed E-state index contributed by atoms with van der Waals surface area (Å²) in [6, 6.07) is 48.8. The van der Waals surface area contributed by atoms with Gasteiger partial charge in [0.2, 0.25) is 0 Å². The van der Waals surface area contributed by atoms with Gasteiger partial charge in [-0.25, -0.2) is 0 Å². The topological polar surface area (TPSA) is 9.23 Å². The quantitative estimate of drug-likeness (QED) is 0.151. The van der Waals surface area contributed by atoms with Gasteiger partial charge in [0.25, 0.3) is 6.71 Å². The van der Waals surface area contributed by atoms with Gasteiger partial charge in [0.05, 0.1) is 0 Å². The molecule has 2 heteroatoms. The minimum absolute atomic E-state index is 0.0301. The summed E-state index contributed by atoms with van der Waals surface area (Å²) in [6.45, 7) is 6.76. The average molecular weight is 575 g/mol. The van der Waals surface area contributed by atoms with Crippen molar-refractivity contribution in [1.29, 1.82) is 0 Å². The van der Waals surface area contributed by atoms with E-state index in [2.05, 4.69) is 154 Å². The molecule has 0 saturated heterocycles. The van der Waals surface area contributed by atoms with Crippen LogP contribution in [0.1, 0.15) is 16.7 Å². The number of hydrogen-bond donors (Lipinski definition) is 0. The van der Waals surface area contributed by atoms with Crippen LogP contribution < -0.4 is 21.1 Å². The number of para-hydroxylation sites is 1. The Balaban J connectivity index is 1.48. The third kappa shape index (κ3) is 3.82. The van der Waals surface area contributed by atoms with Crippen LogP contribution in [0.2, 0.25) is 0 Å². The summed E-state index contributed by atoms with van der Waals surface area (Å²) in [5.74, 6) is 1.91. The molecule has 1 nitrogen and oxygen atoms in total. The first kappa shape index (κ1) is 26.1. The Hall–Kier alpha value is -5.34. The predicted molar refractivity (Wildman–Crippen MR) is 193 cm³/mol. The molecule has 0 aromatic heterocycles. The lowest BCUT2D eigenvalue weighted by Gasteiger charge is -2.33. The van der Waals surface area contributed by atoms with E-state index in [4.69, 9.17) is 4.74 Å². The lowest BCUT2D eigenvalue weighted by Crippen LogP contribution is -2.57. The first-order valence-corrected chi connectivity index (χ1v) is 15.8. The molecule has 0 aliphatic carbocycles. The van der Waals surface area contributed by atoms with Gasteiger partial charge in [-0.15, -0.1) is 0 Å². The van der Waals surface area contributed by atoms with Gasteiger partial charge < -0.3 is 4.74 Å². The summed E-state index contributed by atoms with van der Waals surface area (Å²) < 4.78 is 7.07. The van der Waals surface area contributed by atoms with Crippen LogP contribution in [0.15, 0.2) is 133 Å². The van der Waals surface area contributed by atoms with Gasteiger partial charge in [0.1, 0.15) is 11.5 Å². The maximum atomic E-state index is 7.07. The van der Waals surface area contributed by atoms with E-state index in [1.165, 1.54) is 87.6 Å². The van der Waals surface area contributed by atoms with E-state index < -0.39 is 0 Å².